The summed E-state index contributed by atoms with van der Waals surface area (Å²) in [6.07, 6.45) is 1.55. The number of anilines is 1. The van der Waals surface area contributed by atoms with Crippen molar-refractivity contribution in [3.8, 4) is 0 Å². The summed E-state index contributed by atoms with van der Waals surface area (Å²) < 4.78 is 6.60. The predicted molar refractivity (Wildman–Crippen MR) is 63.5 cm³/mol. The first kappa shape index (κ1) is 11.8. The first-order valence-electron chi connectivity index (χ1n) is 4.83. The second-order valence-electron chi connectivity index (χ2n) is 3.39. The SMILES string of the molecule is Cc1noc(CNc2cnn(C)c(=O)c2Br)n1. The van der Waals surface area contributed by atoms with Gasteiger partial charge < -0.3 is 9.84 Å². The van der Waals surface area contributed by atoms with E-state index in [9.17, 15) is 4.79 Å². The van der Waals surface area contributed by atoms with Crippen LogP contribution < -0.4 is 10.9 Å². The molecule has 0 unspecified atom stereocenters. The zero-order valence-electron chi connectivity index (χ0n) is 9.27. The van der Waals surface area contributed by atoms with Gasteiger partial charge >= 0.3 is 0 Å². The molecule has 0 aliphatic heterocycles. The maximum absolute atomic E-state index is 11.6. The Balaban J connectivity index is 2.15. The monoisotopic (exact) mass is 299 g/mol. The smallest absolute Gasteiger partial charge is 0.282 e. The second-order valence-corrected chi connectivity index (χ2v) is 4.18. The molecule has 0 fully saturated rings. The average molecular weight is 300 g/mol. The van der Waals surface area contributed by atoms with Crippen molar-refractivity contribution in [2.24, 2.45) is 7.05 Å². The van der Waals surface area contributed by atoms with Crippen molar-refractivity contribution >= 4 is 21.6 Å². The van der Waals surface area contributed by atoms with E-state index in [2.05, 4.69) is 36.5 Å². The van der Waals surface area contributed by atoms with Crippen LogP contribution in [0, 0.1) is 6.92 Å². The lowest BCUT2D eigenvalue weighted by molar-refractivity contribution is 0.379. The molecule has 0 aliphatic rings. The number of aromatic nitrogens is 4. The first-order valence-corrected chi connectivity index (χ1v) is 5.62. The van der Waals surface area contributed by atoms with Crippen molar-refractivity contribution in [3.63, 3.8) is 0 Å². The molecular formula is C9H10BrN5O2. The van der Waals surface area contributed by atoms with Gasteiger partial charge in [0.1, 0.15) is 4.47 Å². The number of halogens is 1. The average Bonchev–Trinajstić information content (AvgIpc) is 2.71. The summed E-state index contributed by atoms with van der Waals surface area (Å²) >= 11 is 3.21. The van der Waals surface area contributed by atoms with E-state index in [0.29, 0.717) is 28.4 Å². The van der Waals surface area contributed by atoms with Crippen LogP contribution in [0.25, 0.3) is 0 Å². The van der Waals surface area contributed by atoms with Gasteiger partial charge in [0.25, 0.3) is 5.56 Å². The van der Waals surface area contributed by atoms with Crippen molar-refractivity contribution in [1.29, 1.82) is 0 Å². The predicted octanol–water partition coefficient (Wildman–Crippen LogP) is 0.846. The second kappa shape index (κ2) is 4.66. The molecule has 7 nitrogen and oxygen atoms in total. The van der Waals surface area contributed by atoms with Crippen LogP contribution in [0.15, 0.2) is 20.0 Å². The Morgan fingerprint density at radius 3 is 3.00 bits per heavy atom. The van der Waals surface area contributed by atoms with Gasteiger partial charge in [-0.2, -0.15) is 10.1 Å². The highest BCUT2D eigenvalue weighted by atomic mass is 79.9. The van der Waals surface area contributed by atoms with Gasteiger partial charge in [-0.25, -0.2) is 4.68 Å². The summed E-state index contributed by atoms with van der Waals surface area (Å²) in [6.45, 7) is 2.08. The third kappa shape index (κ3) is 2.52. The summed E-state index contributed by atoms with van der Waals surface area (Å²) in [6, 6.07) is 0. The highest BCUT2D eigenvalue weighted by molar-refractivity contribution is 9.10. The van der Waals surface area contributed by atoms with E-state index in [4.69, 9.17) is 4.52 Å². The van der Waals surface area contributed by atoms with Crippen LogP contribution in [0.2, 0.25) is 0 Å². The van der Waals surface area contributed by atoms with E-state index in [1.165, 1.54) is 4.68 Å². The Kier molecular flexibility index (Phi) is 3.23. The third-order valence-electron chi connectivity index (χ3n) is 2.08. The molecule has 0 saturated heterocycles. The first-order chi connectivity index (χ1) is 8.08. The molecule has 2 heterocycles. The zero-order valence-corrected chi connectivity index (χ0v) is 10.9. The molecule has 8 heteroatoms. The van der Waals surface area contributed by atoms with Crippen LogP contribution in [-0.2, 0) is 13.6 Å². The van der Waals surface area contributed by atoms with E-state index in [1.54, 1.807) is 20.2 Å². The molecule has 0 radical (unpaired) electrons. The maximum atomic E-state index is 11.6. The lowest BCUT2D eigenvalue weighted by atomic mass is 10.4. The van der Waals surface area contributed by atoms with E-state index in [1.807, 2.05) is 0 Å². The van der Waals surface area contributed by atoms with Crippen molar-refractivity contribution in [2.75, 3.05) is 5.32 Å². The van der Waals surface area contributed by atoms with Crippen LogP contribution in [-0.4, -0.2) is 19.9 Å². The highest BCUT2D eigenvalue weighted by Crippen LogP contribution is 2.16. The molecule has 0 saturated carbocycles. The standard InChI is InChI=1S/C9H10BrN5O2/c1-5-13-7(17-14-5)4-11-6-3-12-15(2)9(16)8(6)10/h3,11H,4H2,1-2H3. The fourth-order valence-electron chi connectivity index (χ4n) is 1.22. The number of hydrogen-bond acceptors (Lipinski definition) is 6. The fraction of sp³-hybridized carbons (Fsp3) is 0.333. The van der Waals surface area contributed by atoms with Gasteiger partial charge in [0.2, 0.25) is 5.89 Å². The summed E-state index contributed by atoms with van der Waals surface area (Å²) in [7, 11) is 1.58. The largest absolute Gasteiger partial charge is 0.374 e. The Morgan fingerprint density at radius 2 is 2.35 bits per heavy atom. The molecule has 2 aromatic heterocycles. The van der Waals surface area contributed by atoms with E-state index in [0.717, 1.165) is 0 Å². The number of hydrogen-bond donors (Lipinski definition) is 1. The minimum absolute atomic E-state index is 0.211. The summed E-state index contributed by atoms with van der Waals surface area (Å²) in [4.78, 5) is 15.6. The van der Waals surface area contributed by atoms with E-state index in [-0.39, 0.29) is 5.56 Å². The Hall–Kier alpha value is -1.70. The van der Waals surface area contributed by atoms with Crippen molar-refractivity contribution in [2.45, 2.75) is 13.5 Å². The zero-order chi connectivity index (χ0) is 12.4. The van der Waals surface area contributed by atoms with E-state index < -0.39 is 0 Å². The number of rotatable bonds is 3. The van der Waals surface area contributed by atoms with Crippen LogP contribution in [0.5, 0.6) is 0 Å². The van der Waals surface area contributed by atoms with Crippen molar-refractivity contribution in [1.82, 2.24) is 19.9 Å². The van der Waals surface area contributed by atoms with Gasteiger partial charge in [0, 0.05) is 7.05 Å². The van der Waals surface area contributed by atoms with Gasteiger partial charge in [-0.3, -0.25) is 4.79 Å². The maximum Gasteiger partial charge on any atom is 0.282 e. The Labute approximate surface area is 105 Å². The van der Waals surface area contributed by atoms with Gasteiger partial charge in [-0.05, 0) is 22.9 Å². The molecule has 2 rings (SSSR count). The Morgan fingerprint density at radius 1 is 1.59 bits per heavy atom. The van der Waals surface area contributed by atoms with Crippen LogP contribution in [0.4, 0.5) is 5.69 Å². The molecule has 90 valence electrons. The molecule has 0 spiro atoms. The molecule has 1 N–H and O–H groups in total. The lowest BCUT2D eigenvalue weighted by Gasteiger charge is -2.05. The number of nitrogens with zero attached hydrogens (tertiary/aromatic N) is 4. The molecule has 0 atom stereocenters. The number of aryl methyl sites for hydroxylation is 2. The van der Waals surface area contributed by atoms with Gasteiger partial charge in [-0.1, -0.05) is 5.16 Å². The van der Waals surface area contributed by atoms with Crippen LogP contribution in [0.3, 0.4) is 0 Å². The highest BCUT2D eigenvalue weighted by Gasteiger charge is 2.08. The van der Waals surface area contributed by atoms with Gasteiger partial charge in [0.05, 0.1) is 18.4 Å². The minimum Gasteiger partial charge on any atom is -0.374 e. The summed E-state index contributed by atoms with van der Waals surface area (Å²) in [5.41, 5.74) is 0.376. The quantitative estimate of drug-likeness (QED) is 0.904. The minimum atomic E-state index is -0.211. The fourth-order valence-corrected chi connectivity index (χ4v) is 1.72. The molecule has 0 aromatic carbocycles. The molecular weight excluding hydrogens is 290 g/mol. The molecule has 0 bridgehead atoms. The van der Waals surface area contributed by atoms with Crippen LogP contribution >= 0.6 is 15.9 Å². The van der Waals surface area contributed by atoms with Crippen LogP contribution in [0.1, 0.15) is 11.7 Å². The third-order valence-corrected chi connectivity index (χ3v) is 2.84. The molecule has 2 aromatic rings. The molecule has 0 aliphatic carbocycles. The summed E-state index contributed by atoms with van der Waals surface area (Å²) in [5, 5.41) is 10.6. The lowest BCUT2D eigenvalue weighted by Crippen LogP contribution is -2.21. The van der Waals surface area contributed by atoms with Crippen molar-refractivity contribution in [3.05, 3.63) is 32.7 Å². The van der Waals surface area contributed by atoms with Gasteiger partial charge in [0.15, 0.2) is 5.82 Å². The Bertz CT molecular complexity index is 591. The topological polar surface area (TPSA) is 85.8 Å². The van der Waals surface area contributed by atoms with E-state index >= 15 is 0 Å². The normalized spacial score (nSPS) is 10.5. The summed E-state index contributed by atoms with van der Waals surface area (Å²) in [5.74, 6) is 1.03. The van der Waals surface area contributed by atoms with Gasteiger partial charge in [-0.15, -0.1) is 0 Å². The van der Waals surface area contributed by atoms with Crippen molar-refractivity contribution < 1.29 is 4.52 Å². The molecule has 0 amide bonds. The molecule has 17 heavy (non-hydrogen) atoms. The number of nitrogens with one attached hydrogen (secondary N) is 1.